The number of ether oxygens (including phenoxy) is 3. The zero-order chi connectivity index (χ0) is 20.3. The molecule has 2 N–H and O–H groups in total. The van der Waals surface area contributed by atoms with E-state index in [0.29, 0.717) is 5.92 Å². The standard InChI is InChI=1S/C22H36N4O3/c1-3-23-22(24-11-6-13-29-19-10-14-28-17-19)25-15-18-9-12-26(16-18)20-7-4-5-8-21(20)27-2/h4-5,7-8,18-19H,3,6,9-17H2,1-2H3,(H2,23,24,25). The van der Waals surface area contributed by atoms with Crippen molar-refractivity contribution in [3.05, 3.63) is 24.3 Å². The normalized spacial score (nSPS) is 22.1. The first-order chi connectivity index (χ1) is 14.3. The molecule has 1 aromatic carbocycles. The van der Waals surface area contributed by atoms with E-state index in [-0.39, 0.29) is 6.10 Å². The molecule has 7 nitrogen and oxygen atoms in total. The third-order valence-electron chi connectivity index (χ3n) is 5.42. The average molecular weight is 405 g/mol. The Labute approximate surface area is 174 Å². The molecule has 2 aliphatic heterocycles. The molecular weight excluding hydrogens is 368 g/mol. The minimum Gasteiger partial charge on any atom is -0.495 e. The van der Waals surface area contributed by atoms with Crippen LogP contribution in [-0.4, -0.2) is 71.7 Å². The predicted octanol–water partition coefficient (Wildman–Crippen LogP) is 2.27. The van der Waals surface area contributed by atoms with Crippen LogP contribution in [0.4, 0.5) is 5.69 Å². The number of hydrogen-bond acceptors (Lipinski definition) is 5. The average Bonchev–Trinajstić information content (AvgIpc) is 3.44. The van der Waals surface area contributed by atoms with Gasteiger partial charge in [-0.2, -0.15) is 0 Å². The molecule has 29 heavy (non-hydrogen) atoms. The van der Waals surface area contributed by atoms with E-state index in [4.69, 9.17) is 19.2 Å². The zero-order valence-corrected chi connectivity index (χ0v) is 17.9. The molecule has 2 atom stereocenters. The molecule has 2 fully saturated rings. The first kappa shape index (κ1) is 21.7. The molecule has 7 heteroatoms. The number of guanidine groups is 1. The van der Waals surface area contributed by atoms with Gasteiger partial charge in [-0.1, -0.05) is 12.1 Å². The van der Waals surface area contributed by atoms with Crippen LogP contribution in [0.5, 0.6) is 5.75 Å². The van der Waals surface area contributed by atoms with Crippen molar-refractivity contribution >= 4 is 11.6 Å². The van der Waals surface area contributed by atoms with E-state index in [1.54, 1.807) is 7.11 Å². The Morgan fingerprint density at radius 1 is 1.28 bits per heavy atom. The lowest BCUT2D eigenvalue weighted by molar-refractivity contribution is 0.0420. The van der Waals surface area contributed by atoms with Crippen molar-refractivity contribution in [1.82, 2.24) is 10.6 Å². The van der Waals surface area contributed by atoms with Crippen LogP contribution in [0.1, 0.15) is 26.2 Å². The number of methoxy groups -OCH3 is 1. The van der Waals surface area contributed by atoms with Gasteiger partial charge in [0.05, 0.1) is 25.5 Å². The maximum absolute atomic E-state index is 5.82. The van der Waals surface area contributed by atoms with Crippen LogP contribution in [0.25, 0.3) is 0 Å². The third-order valence-corrected chi connectivity index (χ3v) is 5.42. The van der Waals surface area contributed by atoms with Crippen LogP contribution in [0.3, 0.4) is 0 Å². The van der Waals surface area contributed by atoms with Crippen LogP contribution in [0, 0.1) is 5.92 Å². The lowest BCUT2D eigenvalue weighted by Crippen LogP contribution is -2.38. The van der Waals surface area contributed by atoms with Crippen LogP contribution < -0.4 is 20.3 Å². The Kier molecular flexibility index (Phi) is 8.89. The van der Waals surface area contributed by atoms with Gasteiger partial charge in [-0.3, -0.25) is 4.99 Å². The van der Waals surface area contributed by atoms with Gasteiger partial charge in [-0.05, 0) is 44.2 Å². The molecule has 162 valence electrons. The highest BCUT2D eigenvalue weighted by atomic mass is 16.5. The summed E-state index contributed by atoms with van der Waals surface area (Å²) in [6.07, 6.45) is 3.42. The predicted molar refractivity (Wildman–Crippen MR) is 117 cm³/mol. The second-order valence-corrected chi connectivity index (χ2v) is 7.63. The zero-order valence-electron chi connectivity index (χ0n) is 17.9. The smallest absolute Gasteiger partial charge is 0.191 e. The maximum atomic E-state index is 5.82. The monoisotopic (exact) mass is 404 g/mol. The fraction of sp³-hybridized carbons (Fsp3) is 0.682. The van der Waals surface area contributed by atoms with Crippen LogP contribution in [0.2, 0.25) is 0 Å². The van der Waals surface area contributed by atoms with Gasteiger partial charge < -0.3 is 29.7 Å². The summed E-state index contributed by atoms with van der Waals surface area (Å²) in [5.74, 6) is 2.39. The third kappa shape index (κ3) is 6.78. The van der Waals surface area contributed by atoms with Gasteiger partial charge in [0, 0.05) is 45.9 Å². The van der Waals surface area contributed by atoms with Gasteiger partial charge in [0.15, 0.2) is 5.96 Å². The highest BCUT2D eigenvalue weighted by molar-refractivity contribution is 5.79. The lowest BCUT2D eigenvalue weighted by Gasteiger charge is -2.21. The van der Waals surface area contributed by atoms with Crippen LogP contribution in [-0.2, 0) is 9.47 Å². The second kappa shape index (κ2) is 11.9. The summed E-state index contributed by atoms with van der Waals surface area (Å²) in [5, 5.41) is 6.77. The van der Waals surface area contributed by atoms with Gasteiger partial charge in [-0.25, -0.2) is 0 Å². The Hall–Kier alpha value is -1.99. The van der Waals surface area contributed by atoms with E-state index >= 15 is 0 Å². The molecule has 0 saturated carbocycles. The van der Waals surface area contributed by atoms with E-state index in [1.165, 1.54) is 5.69 Å². The van der Waals surface area contributed by atoms with E-state index in [0.717, 1.165) is 83.5 Å². The number of aliphatic imine (C=N–C) groups is 1. The highest BCUT2D eigenvalue weighted by Crippen LogP contribution is 2.31. The molecule has 3 rings (SSSR count). The molecule has 2 saturated heterocycles. The summed E-state index contributed by atoms with van der Waals surface area (Å²) in [6.45, 7) is 9.04. The molecule has 2 aliphatic rings. The summed E-state index contributed by atoms with van der Waals surface area (Å²) in [4.78, 5) is 7.22. The van der Waals surface area contributed by atoms with Crippen molar-refractivity contribution in [2.24, 2.45) is 10.9 Å². The fourth-order valence-corrected chi connectivity index (χ4v) is 3.83. The van der Waals surface area contributed by atoms with Gasteiger partial charge in [0.2, 0.25) is 0 Å². The molecule has 0 aliphatic carbocycles. The topological polar surface area (TPSA) is 67.4 Å². The Bertz CT molecular complexity index is 634. The number of hydrogen-bond donors (Lipinski definition) is 2. The molecule has 0 amide bonds. The number of para-hydroxylation sites is 2. The molecule has 0 aromatic heterocycles. The Balaban J connectivity index is 1.40. The Morgan fingerprint density at radius 2 is 2.17 bits per heavy atom. The van der Waals surface area contributed by atoms with Crippen molar-refractivity contribution in [3.8, 4) is 5.75 Å². The molecule has 2 heterocycles. The quantitative estimate of drug-likeness (QED) is 0.354. The first-order valence-corrected chi connectivity index (χ1v) is 10.9. The summed E-state index contributed by atoms with van der Waals surface area (Å²) in [5.41, 5.74) is 1.18. The minimum atomic E-state index is 0.283. The maximum Gasteiger partial charge on any atom is 0.191 e. The summed E-state index contributed by atoms with van der Waals surface area (Å²) >= 11 is 0. The van der Waals surface area contributed by atoms with E-state index < -0.39 is 0 Å². The Morgan fingerprint density at radius 3 is 2.97 bits per heavy atom. The number of benzene rings is 1. The largest absolute Gasteiger partial charge is 0.495 e. The van der Waals surface area contributed by atoms with E-state index in [9.17, 15) is 0 Å². The van der Waals surface area contributed by atoms with Crippen molar-refractivity contribution in [1.29, 1.82) is 0 Å². The molecule has 1 aromatic rings. The molecular formula is C22H36N4O3. The SMILES string of the molecule is CCNC(=NCC1CCN(c2ccccc2OC)C1)NCCCOC1CCOC1. The van der Waals surface area contributed by atoms with E-state index in [2.05, 4.69) is 34.6 Å². The van der Waals surface area contributed by atoms with Gasteiger partial charge in [-0.15, -0.1) is 0 Å². The van der Waals surface area contributed by atoms with Crippen LogP contribution >= 0.6 is 0 Å². The van der Waals surface area contributed by atoms with Crippen LogP contribution in [0.15, 0.2) is 29.3 Å². The number of rotatable bonds is 10. The number of nitrogens with one attached hydrogen (secondary N) is 2. The summed E-state index contributed by atoms with van der Waals surface area (Å²) in [6, 6.07) is 8.24. The minimum absolute atomic E-state index is 0.283. The summed E-state index contributed by atoms with van der Waals surface area (Å²) < 4.78 is 16.7. The molecule has 0 spiro atoms. The first-order valence-electron chi connectivity index (χ1n) is 10.9. The van der Waals surface area contributed by atoms with Crippen molar-refractivity contribution in [2.75, 3.05) is 64.6 Å². The van der Waals surface area contributed by atoms with Crippen molar-refractivity contribution in [2.45, 2.75) is 32.3 Å². The fourth-order valence-electron chi connectivity index (χ4n) is 3.83. The number of anilines is 1. The molecule has 2 unspecified atom stereocenters. The molecule has 0 radical (unpaired) electrons. The summed E-state index contributed by atoms with van der Waals surface area (Å²) in [7, 11) is 1.73. The molecule has 0 bridgehead atoms. The van der Waals surface area contributed by atoms with E-state index in [1.807, 2.05) is 12.1 Å². The van der Waals surface area contributed by atoms with Crippen molar-refractivity contribution < 1.29 is 14.2 Å². The van der Waals surface area contributed by atoms with Crippen molar-refractivity contribution in [3.63, 3.8) is 0 Å². The second-order valence-electron chi connectivity index (χ2n) is 7.63. The van der Waals surface area contributed by atoms with Gasteiger partial charge in [0.25, 0.3) is 0 Å². The van der Waals surface area contributed by atoms with Gasteiger partial charge in [0.1, 0.15) is 5.75 Å². The number of nitrogens with zero attached hydrogens (tertiary/aromatic N) is 2. The lowest BCUT2D eigenvalue weighted by atomic mass is 10.1. The van der Waals surface area contributed by atoms with Gasteiger partial charge >= 0.3 is 0 Å². The highest BCUT2D eigenvalue weighted by Gasteiger charge is 2.24.